The molecule has 5 nitrogen and oxygen atoms in total. The summed E-state index contributed by atoms with van der Waals surface area (Å²) in [5.41, 5.74) is 5.96. The number of aromatic nitrogens is 2. The maximum absolute atomic E-state index is 5.51. The smallest absolute Gasteiger partial charge is 0.121 e. The molecule has 1 aliphatic heterocycles. The van der Waals surface area contributed by atoms with E-state index in [9.17, 15) is 0 Å². The number of aryl methyl sites for hydroxylation is 2. The van der Waals surface area contributed by atoms with Gasteiger partial charge in [-0.3, -0.25) is 0 Å². The van der Waals surface area contributed by atoms with Gasteiger partial charge < -0.3 is 19.4 Å². The molecule has 4 rings (SSSR count). The number of thioether (sulfide) groups is 1. The molecule has 0 unspecified atom stereocenters. The molecular formula is C23H27N3O2S. The molecule has 152 valence electrons. The highest BCUT2D eigenvalue weighted by Gasteiger charge is 2.25. The second-order valence-corrected chi connectivity index (χ2v) is 8.60. The second kappa shape index (κ2) is 8.41. The van der Waals surface area contributed by atoms with Gasteiger partial charge in [0.1, 0.15) is 11.5 Å². The first-order valence-electron chi connectivity index (χ1n) is 9.82. The molecule has 1 aromatic heterocycles. The van der Waals surface area contributed by atoms with Crippen LogP contribution in [0.2, 0.25) is 0 Å². The van der Waals surface area contributed by atoms with Gasteiger partial charge in [-0.05, 0) is 55.7 Å². The highest BCUT2D eigenvalue weighted by molar-refractivity contribution is 7.99. The molecule has 2 heterocycles. The molecule has 0 radical (unpaired) electrons. The molecule has 0 bridgehead atoms. The van der Waals surface area contributed by atoms with Crippen molar-refractivity contribution in [1.82, 2.24) is 9.97 Å². The lowest BCUT2D eigenvalue weighted by molar-refractivity contribution is 0.411. The third kappa shape index (κ3) is 4.08. The minimum absolute atomic E-state index is 0.371. The largest absolute Gasteiger partial charge is 0.497 e. The lowest BCUT2D eigenvalue weighted by Gasteiger charge is -2.24. The van der Waals surface area contributed by atoms with Crippen LogP contribution < -0.4 is 14.4 Å². The van der Waals surface area contributed by atoms with Crippen LogP contribution in [0.15, 0.2) is 47.6 Å². The van der Waals surface area contributed by atoms with Gasteiger partial charge in [-0.2, -0.15) is 0 Å². The Bertz CT molecular complexity index is 1000. The minimum atomic E-state index is 0.371. The van der Waals surface area contributed by atoms with Gasteiger partial charge in [0.05, 0.1) is 38.5 Å². The highest BCUT2D eigenvalue weighted by atomic mass is 32.2. The number of benzene rings is 2. The van der Waals surface area contributed by atoms with Gasteiger partial charge in [0.15, 0.2) is 0 Å². The number of ether oxygens (including phenoxy) is 2. The molecule has 29 heavy (non-hydrogen) atoms. The van der Waals surface area contributed by atoms with Crippen molar-refractivity contribution in [2.45, 2.75) is 37.0 Å². The van der Waals surface area contributed by atoms with E-state index in [0.29, 0.717) is 5.25 Å². The first kappa shape index (κ1) is 19.7. The van der Waals surface area contributed by atoms with E-state index in [-0.39, 0.29) is 0 Å². The fourth-order valence-electron chi connectivity index (χ4n) is 3.81. The topological polar surface area (TPSA) is 50.4 Å². The molecule has 1 N–H and O–H groups in total. The van der Waals surface area contributed by atoms with E-state index < -0.39 is 0 Å². The molecule has 3 aromatic rings. The molecular weight excluding hydrogens is 382 g/mol. The maximum atomic E-state index is 5.51. The summed E-state index contributed by atoms with van der Waals surface area (Å²) >= 11 is 1.91. The van der Waals surface area contributed by atoms with Crippen LogP contribution in [0.3, 0.4) is 0 Å². The van der Waals surface area contributed by atoms with Crippen molar-refractivity contribution in [2.75, 3.05) is 25.7 Å². The van der Waals surface area contributed by atoms with Gasteiger partial charge in [0, 0.05) is 22.4 Å². The Labute approximate surface area is 176 Å². The van der Waals surface area contributed by atoms with E-state index in [1.807, 2.05) is 17.8 Å². The summed E-state index contributed by atoms with van der Waals surface area (Å²) in [4.78, 5) is 11.4. The monoisotopic (exact) mass is 409 g/mol. The maximum Gasteiger partial charge on any atom is 0.121 e. The van der Waals surface area contributed by atoms with Crippen LogP contribution in [0.5, 0.6) is 11.5 Å². The first-order chi connectivity index (χ1) is 14.1. The molecule has 1 aliphatic rings. The fraction of sp³-hybridized carbons (Fsp3) is 0.348. The van der Waals surface area contributed by atoms with Gasteiger partial charge in [-0.15, -0.1) is 11.8 Å². The molecule has 0 saturated heterocycles. The van der Waals surface area contributed by atoms with Crippen LogP contribution in [0.1, 0.15) is 34.2 Å². The number of nitrogens with zero attached hydrogens (tertiary/aromatic N) is 2. The fourth-order valence-corrected chi connectivity index (χ4v) is 5.13. The molecule has 1 atom stereocenters. The Morgan fingerprint density at radius 3 is 2.69 bits per heavy atom. The van der Waals surface area contributed by atoms with Crippen LogP contribution in [-0.4, -0.2) is 30.7 Å². The van der Waals surface area contributed by atoms with Gasteiger partial charge >= 0.3 is 0 Å². The lowest BCUT2D eigenvalue weighted by atomic mass is 10.1. The second-order valence-electron chi connectivity index (χ2n) is 7.35. The quantitative estimate of drug-likeness (QED) is 0.621. The summed E-state index contributed by atoms with van der Waals surface area (Å²) in [5.74, 6) is 1.82. The Balaban J connectivity index is 1.68. The molecule has 0 spiro atoms. The SMILES string of the molecule is COc1ccc2c(c1)S[C@H](c1ccc(OC)c(C)c1)CCN2Cc1nc[nH]c1C. The standard InChI is InChI=1S/C23H27N3O2S/c1-15-11-17(5-8-21(15)28-4)22-9-10-26(13-19-16(2)24-14-25-19)20-7-6-18(27-3)12-23(20)29-22/h5-8,11-12,14,22H,9-10,13H2,1-4H3,(H,24,25)/t22-/m0/s1. The van der Waals surface area contributed by atoms with E-state index in [1.54, 1.807) is 20.5 Å². The van der Waals surface area contributed by atoms with Gasteiger partial charge in [-0.25, -0.2) is 4.98 Å². The number of nitrogens with one attached hydrogen (secondary N) is 1. The van der Waals surface area contributed by atoms with E-state index in [4.69, 9.17) is 9.47 Å². The van der Waals surface area contributed by atoms with Crippen LogP contribution in [0, 0.1) is 13.8 Å². The van der Waals surface area contributed by atoms with Crippen molar-refractivity contribution in [3.05, 3.63) is 65.2 Å². The van der Waals surface area contributed by atoms with Gasteiger partial charge in [0.2, 0.25) is 0 Å². The third-order valence-corrected chi connectivity index (χ3v) is 6.88. The number of aromatic amines is 1. The predicted octanol–water partition coefficient (Wildman–Crippen LogP) is 5.29. The molecule has 0 saturated carbocycles. The van der Waals surface area contributed by atoms with Crippen LogP contribution in [0.4, 0.5) is 5.69 Å². The van der Waals surface area contributed by atoms with Gasteiger partial charge in [-0.1, -0.05) is 12.1 Å². The lowest BCUT2D eigenvalue weighted by Crippen LogP contribution is -2.24. The highest BCUT2D eigenvalue weighted by Crippen LogP contribution is 2.47. The van der Waals surface area contributed by atoms with E-state index in [0.717, 1.165) is 42.4 Å². The summed E-state index contributed by atoms with van der Waals surface area (Å²) in [5, 5.41) is 0.371. The van der Waals surface area contributed by atoms with Crippen LogP contribution in [0.25, 0.3) is 0 Å². The summed E-state index contributed by atoms with van der Waals surface area (Å²) < 4.78 is 10.9. The Hall–Kier alpha value is -2.60. The summed E-state index contributed by atoms with van der Waals surface area (Å²) in [6.07, 6.45) is 2.83. The Morgan fingerprint density at radius 2 is 2.00 bits per heavy atom. The van der Waals surface area contributed by atoms with Crippen molar-refractivity contribution < 1.29 is 9.47 Å². The van der Waals surface area contributed by atoms with Crippen LogP contribution >= 0.6 is 11.8 Å². The first-order valence-corrected chi connectivity index (χ1v) is 10.7. The van der Waals surface area contributed by atoms with Crippen molar-refractivity contribution in [1.29, 1.82) is 0 Å². The zero-order valence-corrected chi connectivity index (χ0v) is 18.2. The Kier molecular flexibility index (Phi) is 5.72. The molecule has 2 aromatic carbocycles. The van der Waals surface area contributed by atoms with Crippen LogP contribution in [-0.2, 0) is 6.54 Å². The average molecular weight is 410 g/mol. The summed E-state index contributed by atoms with van der Waals surface area (Å²) in [6, 6.07) is 12.9. The molecule has 6 heteroatoms. The van der Waals surface area contributed by atoms with Crippen molar-refractivity contribution in [2.24, 2.45) is 0 Å². The summed E-state index contributed by atoms with van der Waals surface area (Å²) in [6.45, 7) is 5.94. The Morgan fingerprint density at radius 1 is 1.14 bits per heavy atom. The number of hydrogen-bond donors (Lipinski definition) is 1. The number of rotatable bonds is 5. The molecule has 0 aliphatic carbocycles. The zero-order valence-electron chi connectivity index (χ0n) is 17.4. The number of hydrogen-bond acceptors (Lipinski definition) is 5. The molecule has 0 amide bonds. The van der Waals surface area contributed by atoms with Gasteiger partial charge in [0.25, 0.3) is 0 Å². The number of H-pyrrole nitrogens is 1. The number of imidazole rings is 1. The van der Waals surface area contributed by atoms with E-state index >= 15 is 0 Å². The number of anilines is 1. The molecule has 0 fully saturated rings. The zero-order chi connectivity index (χ0) is 20.4. The average Bonchev–Trinajstić information content (AvgIpc) is 3.04. The number of fused-ring (bicyclic) bond motifs is 1. The van der Waals surface area contributed by atoms with E-state index in [1.165, 1.54) is 21.7 Å². The van der Waals surface area contributed by atoms with Crippen molar-refractivity contribution in [3.8, 4) is 11.5 Å². The van der Waals surface area contributed by atoms with E-state index in [2.05, 4.69) is 59.0 Å². The number of methoxy groups -OCH3 is 2. The summed E-state index contributed by atoms with van der Waals surface area (Å²) in [7, 11) is 3.44. The third-order valence-electron chi connectivity index (χ3n) is 5.50. The normalized spacial score (nSPS) is 16.3. The predicted molar refractivity (Wildman–Crippen MR) is 118 cm³/mol. The van der Waals surface area contributed by atoms with Crippen molar-refractivity contribution >= 4 is 17.4 Å². The minimum Gasteiger partial charge on any atom is -0.497 e. The van der Waals surface area contributed by atoms with Crippen molar-refractivity contribution in [3.63, 3.8) is 0 Å².